The lowest BCUT2D eigenvalue weighted by molar-refractivity contribution is -0.0436. The van der Waals surface area contributed by atoms with Crippen molar-refractivity contribution in [3.8, 4) is 6.07 Å². The van der Waals surface area contributed by atoms with Crippen molar-refractivity contribution in [1.29, 1.82) is 5.26 Å². The number of benzene rings is 3. The summed E-state index contributed by atoms with van der Waals surface area (Å²) in [5, 5.41) is 11.3. The minimum absolute atomic E-state index is 0.363. The van der Waals surface area contributed by atoms with Crippen LogP contribution >= 0.6 is 11.6 Å². The second kappa shape index (κ2) is 10.5. The van der Waals surface area contributed by atoms with Crippen molar-refractivity contribution in [2.45, 2.75) is 50.8 Å². The van der Waals surface area contributed by atoms with Crippen LogP contribution in [0.25, 0.3) is 0 Å². The van der Waals surface area contributed by atoms with Gasteiger partial charge in [0.15, 0.2) is 8.32 Å². The van der Waals surface area contributed by atoms with Crippen LogP contribution in [0.15, 0.2) is 84.9 Å². The third kappa shape index (κ3) is 5.49. The summed E-state index contributed by atoms with van der Waals surface area (Å²) in [6, 6.07) is 30.0. The molecule has 0 unspecified atom stereocenters. The molecular weight excluding hydrogens is 434 g/mol. The van der Waals surface area contributed by atoms with Gasteiger partial charge in [0.1, 0.15) is 5.41 Å². The second-order valence-corrected chi connectivity index (χ2v) is 13.8. The van der Waals surface area contributed by atoms with E-state index in [4.69, 9.17) is 20.8 Å². The Morgan fingerprint density at radius 1 is 0.906 bits per heavy atom. The molecule has 0 amide bonds. The Morgan fingerprint density at radius 3 is 2.03 bits per heavy atom. The van der Waals surface area contributed by atoms with Crippen LogP contribution in [-0.4, -0.2) is 20.5 Å². The minimum Gasteiger partial charge on any atom is -0.410 e. The zero-order chi connectivity index (χ0) is 23.2. The summed E-state index contributed by atoms with van der Waals surface area (Å²) in [6.07, 6.45) is -0.914. The van der Waals surface area contributed by atoms with Crippen LogP contribution in [0, 0.1) is 11.3 Å². The number of hydrogen-bond acceptors (Lipinski definition) is 3. The Morgan fingerprint density at radius 2 is 1.47 bits per heavy atom. The predicted molar refractivity (Wildman–Crippen MR) is 133 cm³/mol. The molecule has 3 aromatic carbocycles. The molecule has 3 aromatic rings. The molecule has 0 aliphatic rings. The van der Waals surface area contributed by atoms with Gasteiger partial charge in [0.05, 0.1) is 24.9 Å². The zero-order valence-electron chi connectivity index (χ0n) is 19.1. The van der Waals surface area contributed by atoms with E-state index in [1.807, 2.05) is 91.9 Å². The van der Waals surface area contributed by atoms with Gasteiger partial charge in [-0.2, -0.15) is 5.26 Å². The van der Waals surface area contributed by atoms with Crippen molar-refractivity contribution < 1.29 is 9.16 Å². The Kier molecular flexibility index (Phi) is 7.92. The van der Waals surface area contributed by atoms with Crippen LogP contribution in [0.1, 0.15) is 23.6 Å². The first-order valence-electron chi connectivity index (χ1n) is 10.8. The van der Waals surface area contributed by atoms with Crippen LogP contribution in [0.3, 0.4) is 0 Å². The molecule has 0 spiro atoms. The molecule has 0 heterocycles. The quantitative estimate of drug-likeness (QED) is 0.321. The first-order valence-corrected chi connectivity index (χ1v) is 14.6. The van der Waals surface area contributed by atoms with Crippen LogP contribution < -0.4 is 0 Å². The van der Waals surface area contributed by atoms with Crippen LogP contribution in [0.2, 0.25) is 24.7 Å². The summed E-state index contributed by atoms with van der Waals surface area (Å²) in [4.78, 5) is 0. The van der Waals surface area contributed by atoms with Gasteiger partial charge in [-0.1, -0.05) is 90.5 Å². The number of hydrogen-bond donors (Lipinski definition) is 0. The zero-order valence-corrected chi connectivity index (χ0v) is 20.8. The Bertz CT molecular complexity index is 1050. The second-order valence-electron chi connectivity index (χ2n) is 8.92. The fourth-order valence-electron chi connectivity index (χ4n) is 3.95. The minimum atomic E-state index is -2.07. The summed E-state index contributed by atoms with van der Waals surface area (Å²) in [5.41, 5.74) is 1.52. The predicted octanol–water partition coefficient (Wildman–Crippen LogP) is 6.98. The largest absolute Gasteiger partial charge is 0.410 e. The Labute approximate surface area is 197 Å². The molecule has 0 aliphatic carbocycles. The maximum Gasteiger partial charge on any atom is 0.184 e. The third-order valence-corrected chi connectivity index (χ3v) is 6.68. The first-order chi connectivity index (χ1) is 15.3. The van der Waals surface area contributed by atoms with E-state index in [9.17, 15) is 5.26 Å². The number of halogens is 1. The van der Waals surface area contributed by atoms with Crippen molar-refractivity contribution in [3.63, 3.8) is 0 Å². The van der Waals surface area contributed by atoms with E-state index in [0.29, 0.717) is 11.6 Å². The normalized spacial score (nSPS) is 15.4. The Hall–Kier alpha value is -2.42. The van der Waals surface area contributed by atoms with Crippen molar-refractivity contribution in [1.82, 2.24) is 0 Å². The molecule has 0 fully saturated rings. The number of ether oxygens (including phenoxy) is 1. The molecule has 0 saturated carbocycles. The SMILES string of the molecule is C[C@H](OCc1ccccc1)[C@@H](O[Si](C)(C)C)[C@](C#N)(c1ccccc1)c1ccccc1Cl. The van der Waals surface area contributed by atoms with E-state index in [-0.39, 0.29) is 6.10 Å². The molecular formula is C27H30ClNO2Si. The summed E-state index contributed by atoms with van der Waals surface area (Å²) in [5.74, 6) is 0. The number of rotatable bonds is 9. The lowest BCUT2D eigenvalue weighted by Gasteiger charge is -2.42. The standard InChI is InChI=1S/C27H30ClNO2Si/c1-21(30-19-22-13-7-5-8-14-22)26(31-32(2,3)4)27(20-29,23-15-9-6-10-16-23)24-17-11-12-18-25(24)28/h5-18,21,26H,19H2,1-4H3/t21-,26+,27+/m0/s1. The van der Waals surface area contributed by atoms with Crippen molar-refractivity contribution in [2.24, 2.45) is 0 Å². The van der Waals surface area contributed by atoms with E-state index in [1.54, 1.807) is 0 Å². The molecule has 0 saturated heterocycles. The van der Waals surface area contributed by atoms with E-state index >= 15 is 0 Å². The Balaban J connectivity index is 2.13. The maximum absolute atomic E-state index is 10.8. The number of nitriles is 1. The first kappa shape index (κ1) is 24.2. The van der Waals surface area contributed by atoms with Gasteiger partial charge < -0.3 is 9.16 Å². The van der Waals surface area contributed by atoms with Gasteiger partial charge in [-0.15, -0.1) is 0 Å². The van der Waals surface area contributed by atoms with Crippen LogP contribution in [-0.2, 0) is 21.2 Å². The highest BCUT2D eigenvalue weighted by atomic mass is 35.5. The molecule has 3 nitrogen and oxygen atoms in total. The van der Waals surface area contributed by atoms with Crippen molar-refractivity contribution >= 4 is 19.9 Å². The topological polar surface area (TPSA) is 42.2 Å². The van der Waals surface area contributed by atoms with E-state index in [2.05, 4.69) is 25.7 Å². The monoisotopic (exact) mass is 463 g/mol. The number of nitrogens with zero attached hydrogens (tertiary/aromatic N) is 1. The third-order valence-electron chi connectivity index (χ3n) is 5.39. The summed E-state index contributed by atoms with van der Waals surface area (Å²) in [6.45, 7) is 8.81. The van der Waals surface area contributed by atoms with Gasteiger partial charge in [0.2, 0.25) is 0 Å². The molecule has 3 rings (SSSR count). The lowest BCUT2D eigenvalue weighted by Crippen LogP contribution is -2.52. The highest BCUT2D eigenvalue weighted by Crippen LogP contribution is 2.43. The molecule has 3 atom stereocenters. The average Bonchev–Trinajstić information content (AvgIpc) is 2.79. The fraction of sp³-hybridized carbons (Fsp3) is 0.296. The van der Waals surface area contributed by atoms with Crippen LogP contribution in [0.4, 0.5) is 0 Å². The van der Waals surface area contributed by atoms with Crippen LogP contribution in [0.5, 0.6) is 0 Å². The van der Waals surface area contributed by atoms with Gasteiger partial charge >= 0.3 is 0 Å². The fourth-order valence-corrected chi connectivity index (χ4v) is 5.36. The maximum atomic E-state index is 10.8. The molecule has 0 N–H and O–H groups in total. The van der Waals surface area contributed by atoms with Gasteiger partial charge in [-0.25, -0.2) is 0 Å². The molecule has 0 aliphatic heterocycles. The summed E-state index contributed by atoms with van der Waals surface area (Å²) >= 11 is 6.69. The van der Waals surface area contributed by atoms with Crippen molar-refractivity contribution in [3.05, 3.63) is 107 Å². The molecule has 32 heavy (non-hydrogen) atoms. The van der Waals surface area contributed by atoms with Gasteiger partial charge in [-0.05, 0) is 49.3 Å². The smallest absolute Gasteiger partial charge is 0.184 e. The average molecular weight is 464 g/mol. The van der Waals surface area contributed by atoms with Gasteiger partial charge in [0.25, 0.3) is 0 Å². The van der Waals surface area contributed by atoms with E-state index in [0.717, 1.165) is 16.7 Å². The summed E-state index contributed by atoms with van der Waals surface area (Å²) in [7, 11) is -2.07. The van der Waals surface area contributed by atoms with E-state index in [1.165, 1.54) is 0 Å². The van der Waals surface area contributed by atoms with Gasteiger partial charge in [0, 0.05) is 5.02 Å². The molecule has 166 valence electrons. The molecule has 5 heteroatoms. The summed E-state index contributed by atoms with van der Waals surface area (Å²) < 4.78 is 13.1. The van der Waals surface area contributed by atoms with Crippen molar-refractivity contribution in [2.75, 3.05) is 0 Å². The lowest BCUT2D eigenvalue weighted by atomic mass is 9.70. The molecule has 0 radical (unpaired) electrons. The van der Waals surface area contributed by atoms with E-state index < -0.39 is 19.8 Å². The molecule has 0 bridgehead atoms. The van der Waals surface area contributed by atoms with Gasteiger partial charge in [-0.3, -0.25) is 0 Å². The molecule has 0 aromatic heterocycles. The highest BCUT2D eigenvalue weighted by Gasteiger charge is 2.49. The highest BCUT2D eigenvalue weighted by molar-refractivity contribution is 6.69.